The summed E-state index contributed by atoms with van der Waals surface area (Å²) in [5.74, 6) is -0.239. The minimum absolute atomic E-state index is 0.131. The molecule has 1 heterocycles. The number of carbonyl (C=O) groups is 1. The van der Waals surface area contributed by atoms with E-state index in [1.165, 1.54) is 38.2 Å². The molecule has 0 atom stereocenters. The minimum Gasteiger partial charge on any atom is -0.425 e. The van der Waals surface area contributed by atoms with Crippen molar-refractivity contribution in [3.63, 3.8) is 0 Å². The van der Waals surface area contributed by atoms with Crippen LogP contribution in [0.2, 0.25) is 0 Å². The van der Waals surface area contributed by atoms with Gasteiger partial charge >= 0.3 is 12.3 Å². The Morgan fingerprint density at radius 3 is 2.46 bits per heavy atom. The van der Waals surface area contributed by atoms with Crippen molar-refractivity contribution in [2.45, 2.75) is 71.1 Å². The average Bonchev–Trinajstić information content (AvgIpc) is 2.60. The van der Waals surface area contributed by atoms with E-state index in [0.717, 1.165) is 37.9 Å². The number of alkyl halides is 3. The maximum atomic E-state index is 12.2. The van der Waals surface area contributed by atoms with Gasteiger partial charge in [-0.25, -0.2) is 4.98 Å². The molecule has 7 heteroatoms. The second kappa shape index (κ2) is 9.78. The molecule has 4 nitrogen and oxygen atoms in total. The number of halogens is 3. The Kier molecular flexibility index (Phi) is 7.72. The molecule has 2 rings (SSSR count). The van der Waals surface area contributed by atoms with E-state index in [1.807, 2.05) is 0 Å². The molecular formula is C19H26F3NO3. The maximum absolute atomic E-state index is 12.2. The van der Waals surface area contributed by atoms with E-state index >= 15 is 0 Å². The van der Waals surface area contributed by atoms with Gasteiger partial charge in [0.05, 0.1) is 12.1 Å². The van der Waals surface area contributed by atoms with E-state index < -0.39 is 12.2 Å². The summed E-state index contributed by atoms with van der Waals surface area (Å²) in [6, 6.07) is 2.29. The molecule has 26 heavy (non-hydrogen) atoms. The van der Waals surface area contributed by atoms with E-state index in [0.29, 0.717) is 5.92 Å². The number of ether oxygens (including phenoxy) is 2. The fourth-order valence-electron chi connectivity index (χ4n) is 3.35. The maximum Gasteiger partial charge on any atom is 0.574 e. The lowest BCUT2D eigenvalue weighted by molar-refractivity contribution is -0.276. The van der Waals surface area contributed by atoms with Crippen LogP contribution in [0.5, 0.6) is 11.6 Å². The normalized spacial score (nSPS) is 20.6. The van der Waals surface area contributed by atoms with Gasteiger partial charge in [0.25, 0.3) is 0 Å². The molecule has 1 fully saturated rings. The highest BCUT2D eigenvalue weighted by Crippen LogP contribution is 2.33. The number of aromatic nitrogens is 1. The van der Waals surface area contributed by atoms with E-state index in [1.54, 1.807) is 0 Å². The molecule has 1 aliphatic rings. The van der Waals surface area contributed by atoms with Gasteiger partial charge in [-0.05, 0) is 37.7 Å². The lowest BCUT2D eigenvalue weighted by Gasteiger charge is -2.27. The summed E-state index contributed by atoms with van der Waals surface area (Å²) in [4.78, 5) is 15.7. The predicted molar refractivity (Wildman–Crippen MR) is 90.8 cm³/mol. The van der Waals surface area contributed by atoms with Gasteiger partial charge in [0.1, 0.15) is 5.75 Å². The molecule has 1 aliphatic carbocycles. The van der Waals surface area contributed by atoms with Gasteiger partial charge in [-0.2, -0.15) is 0 Å². The van der Waals surface area contributed by atoms with Gasteiger partial charge in [0.2, 0.25) is 5.88 Å². The molecule has 0 bridgehead atoms. The smallest absolute Gasteiger partial charge is 0.425 e. The summed E-state index contributed by atoms with van der Waals surface area (Å²) < 4.78 is 45.2. The van der Waals surface area contributed by atoms with Crippen molar-refractivity contribution in [3.8, 4) is 11.6 Å². The number of unbranched alkanes of at least 4 members (excludes halogenated alkanes) is 3. The highest BCUT2D eigenvalue weighted by molar-refractivity contribution is 5.75. The standard InChI is InChI=1S/C19H26F3NO3/c1-2-3-4-5-6-14-7-9-15(10-8-14)18(24)25-16-11-12-17(23-13-16)26-19(20,21)22/h11-15H,2-10H2,1H3. The van der Waals surface area contributed by atoms with Crippen LogP contribution in [0.15, 0.2) is 18.3 Å². The molecule has 0 amide bonds. The number of esters is 1. The first-order valence-electron chi connectivity index (χ1n) is 9.31. The van der Waals surface area contributed by atoms with Crippen LogP contribution in [0, 0.1) is 11.8 Å². The second-order valence-electron chi connectivity index (χ2n) is 6.87. The molecule has 0 radical (unpaired) electrons. The van der Waals surface area contributed by atoms with Gasteiger partial charge in [0.15, 0.2) is 0 Å². The lowest BCUT2D eigenvalue weighted by Crippen LogP contribution is -2.25. The monoisotopic (exact) mass is 373 g/mol. The first-order chi connectivity index (χ1) is 12.4. The Morgan fingerprint density at radius 2 is 1.88 bits per heavy atom. The SMILES string of the molecule is CCCCCCC1CCC(C(=O)Oc2ccc(OC(F)(F)F)nc2)CC1. The van der Waals surface area contributed by atoms with Crippen LogP contribution in [0.25, 0.3) is 0 Å². The third kappa shape index (κ3) is 7.22. The van der Waals surface area contributed by atoms with Crippen molar-refractivity contribution >= 4 is 5.97 Å². The number of hydrogen-bond donors (Lipinski definition) is 0. The van der Waals surface area contributed by atoms with Crippen molar-refractivity contribution in [1.82, 2.24) is 4.98 Å². The molecule has 0 N–H and O–H groups in total. The Morgan fingerprint density at radius 1 is 1.15 bits per heavy atom. The third-order valence-electron chi connectivity index (χ3n) is 4.79. The van der Waals surface area contributed by atoms with Crippen molar-refractivity contribution in [3.05, 3.63) is 18.3 Å². The van der Waals surface area contributed by atoms with Crippen LogP contribution in [-0.4, -0.2) is 17.3 Å². The van der Waals surface area contributed by atoms with Crippen molar-refractivity contribution in [2.75, 3.05) is 0 Å². The zero-order chi connectivity index (χ0) is 19.0. The van der Waals surface area contributed by atoms with Crippen LogP contribution < -0.4 is 9.47 Å². The Hall–Kier alpha value is -1.79. The van der Waals surface area contributed by atoms with E-state index in [-0.39, 0.29) is 17.6 Å². The van der Waals surface area contributed by atoms with Gasteiger partial charge in [-0.3, -0.25) is 4.79 Å². The van der Waals surface area contributed by atoms with Crippen molar-refractivity contribution in [1.29, 1.82) is 0 Å². The highest BCUT2D eigenvalue weighted by Gasteiger charge is 2.32. The molecule has 1 aromatic rings. The Bertz CT molecular complexity index is 552. The average molecular weight is 373 g/mol. The summed E-state index contributed by atoms with van der Waals surface area (Å²) in [5.41, 5.74) is 0. The quantitative estimate of drug-likeness (QED) is 0.436. The number of pyridine rings is 1. The minimum atomic E-state index is -4.79. The highest BCUT2D eigenvalue weighted by atomic mass is 19.4. The molecule has 0 saturated heterocycles. The molecular weight excluding hydrogens is 347 g/mol. The number of nitrogens with zero attached hydrogens (tertiary/aromatic N) is 1. The molecule has 1 aromatic heterocycles. The largest absolute Gasteiger partial charge is 0.574 e. The lowest BCUT2D eigenvalue weighted by atomic mass is 9.80. The van der Waals surface area contributed by atoms with Crippen molar-refractivity contribution in [2.24, 2.45) is 11.8 Å². The van der Waals surface area contributed by atoms with Gasteiger partial charge in [0, 0.05) is 6.07 Å². The summed E-state index contributed by atoms with van der Waals surface area (Å²) in [5, 5.41) is 0. The van der Waals surface area contributed by atoms with Crippen LogP contribution >= 0.6 is 0 Å². The third-order valence-corrected chi connectivity index (χ3v) is 4.79. The Labute approximate surface area is 152 Å². The summed E-state index contributed by atoms with van der Waals surface area (Å²) in [6.07, 6.45) is 6.22. The topological polar surface area (TPSA) is 48.4 Å². The van der Waals surface area contributed by atoms with Gasteiger partial charge < -0.3 is 9.47 Å². The van der Waals surface area contributed by atoms with E-state index in [2.05, 4.69) is 16.6 Å². The molecule has 1 saturated carbocycles. The zero-order valence-electron chi connectivity index (χ0n) is 15.1. The first kappa shape index (κ1) is 20.5. The Balaban J connectivity index is 1.73. The predicted octanol–water partition coefficient (Wildman–Crippen LogP) is 5.66. The molecule has 0 unspecified atom stereocenters. The van der Waals surface area contributed by atoms with Crippen LogP contribution in [0.1, 0.15) is 64.7 Å². The van der Waals surface area contributed by atoms with Crippen LogP contribution in [0.4, 0.5) is 13.2 Å². The fraction of sp³-hybridized carbons (Fsp3) is 0.684. The summed E-state index contributed by atoms with van der Waals surface area (Å²) in [6.45, 7) is 2.20. The van der Waals surface area contributed by atoms with Crippen LogP contribution in [-0.2, 0) is 4.79 Å². The number of carbonyl (C=O) groups excluding carboxylic acids is 1. The van der Waals surface area contributed by atoms with Gasteiger partial charge in [-0.15, -0.1) is 13.2 Å². The zero-order valence-corrected chi connectivity index (χ0v) is 15.1. The number of hydrogen-bond acceptors (Lipinski definition) is 4. The molecule has 146 valence electrons. The molecule has 0 spiro atoms. The number of rotatable bonds is 8. The first-order valence-corrected chi connectivity index (χ1v) is 9.31. The summed E-state index contributed by atoms with van der Waals surface area (Å²) >= 11 is 0. The van der Waals surface area contributed by atoms with Crippen molar-refractivity contribution < 1.29 is 27.4 Å². The van der Waals surface area contributed by atoms with E-state index in [9.17, 15) is 18.0 Å². The molecule has 0 aromatic carbocycles. The van der Waals surface area contributed by atoms with Gasteiger partial charge in [-0.1, -0.05) is 39.0 Å². The second-order valence-corrected chi connectivity index (χ2v) is 6.87. The fourth-order valence-corrected chi connectivity index (χ4v) is 3.35. The summed E-state index contributed by atoms with van der Waals surface area (Å²) in [7, 11) is 0. The van der Waals surface area contributed by atoms with Crippen LogP contribution in [0.3, 0.4) is 0 Å². The molecule has 0 aliphatic heterocycles. The van der Waals surface area contributed by atoms with E-state index in [4.69, 9.17) is 4.74 Å².